The van der Waals surface area contributed by atoms with Crippen molar-refractivity contribution in [2.45, 2.75) is 39.2 Å². The van der Waals surface area contributed by atoms with Crippen molar-refractivity contribution in [3.05, 3.63) is 23.8 Å². The maximum Gasteiger partial charge on any atom is 0.165 e. The minimum atomic E-state index is -0.120. The molecule has 17 heavy (non-hydrogen) atoms. The van der Waals surface area contributed by atoms with Crippen LogP contribution in [0.5, 0.6) is 11.5 Å². The lowest BCUT2D eigenvalue weighted by Gasteiger charge is -2.18. The number of benzene rings is 1. The summed E-state index contributed by atoms with van der Waals surface area (Å²) in [4.78, 5) is 0. The molecule has 0 bridgehead atoms. The Labute approximate surface area is 103 Å². The number of rotatable bonds is 3. The average Bonchev–Trinajstić information content (AvgIpc) is 2.59. The standard InChI is InChI=1S/C15H18O2/c1-4-5-6-10-16-13-9-7-8-12-11-15(2,3)17-14(12)13/h7-9H,6,10-11H2,1-3H3. The Kier molecular flexibility index (Phi) is 3.28. The molecule has 2 heteroatoms. The molecule has 2 nitrogen and oxygen atoms in total. The molecule has 0 radical (unpaired) electrons. The summed E-state index contributed by atoms with van der Waals surface area (Å²) in [7, 11) is 0. The first kappa shape index (κ1) is 11.9. The topological polar surface area (TPSA) is 18.5 Å². The summed E-state index contributed by atoms with van der Waals surface area (Å²) >= 11 is 0. The number of hydrogen-bond donors (Lipinski definition) is 0. The molecule has 1 aliphatic heterocycles. The van der Waals surface area contributed by atoms with Gasteiger partial charge in [0.25, 0.3) is 0 Å². The Balaban J connectivity index is 2.09. The van der Waals surface area contributed by atoms with Crippen molar-refractivity contribution in [1.29, 1.82) is 0 Å². The monoisotopic (exact) mass is 230 g/mol. The normalized spacial score (nSPS) is 15.5. The Bertz CT molecular complexity index is 464. The molecule has 0 aromatic heterocycles. The maximum atomic E-state index is 5.92. The second-order valence-corrected chi connectivity index (χ2v) is 4.81. The summed E-state index contributed by atoms with van der Waals surface area (Å²) in [6, 6.07) is 6.08. The van der Waals surface area contributed by atoms with Crippen LogP contribution in [0.4, 0.5) is 0 Å². The van der Waals surface area contributed by atoms with Crippen molar-refractivity contribution in [1.82, 2.24) is 0 Å². The molecule has 0 saturated heterocycles. The van der Waals surface area contributed by atoms with Gasteiger partial charge in [-0.05, 0) is 26.8 Å². The molecule has 2 rings (SSSR count). The summed E-state index contributed by atoms with van der Waals surface area (Å²) in [6.45, 7) is 6.64. The van der Waals surface area contributed by atoms with Gasteiger partial charge in [-0.3, -0.25) is 0 Å². The molecule has 0 saturated carbocycles. The van der Waals surface area contributed by atoms with Gasteiger partial charge in [-0.1, -0.05) is 12.1 Å². The van der Waals surface area contributed by atoms with Crippen LogP contribution in [0.2, 0.25) is 0 Å². The predicted octanol–water partition coefficient (Wildman–Crippen LogP) is 3.19. The first-order chi connectivity index (χ1) is 8.12. The fourth-order valence-corrected chi connectivity index (χ4v) is 2.04. The molecule has 0 unspecified atom stereocenters. The molecule has 0 amide bonds. The van der Waals surface area contributed by atoms with Crippen molar-refractivity contribution in [3.8, 4) is 23.3 Å². The van der Waals surface area contributed by atoms with Gasteiger partial charge in [-0.15, -0.1) is 11.8 Å². The molecule has 1 heterocycles. The first-order valence-corrected chi connectivity index (χ1v) is 5.96. The fraction of sp³-hybridized carbons (Fsp3) is 0.467. The summed E-state index contributed by atoms with van der Waals surface area (Å²) in [5.41, 5.74) is 1.11. The van der Waals surface area contributed by atoms with Crippen molar-refractivity contribution < 1.29 is 9.47 Å². The number of ether oxygens (including phenoxy) is 2. The molecule has 90 valence electrons. The summed E-state index contributed by atoms with van der Waals surface area (Å²) in [5, 5.41) is 0. The van der Waals surface area contributed by atoms with E-state index in [-0.39, 0.29) is 5.60 Å². The predicted molar refractivity (Wildman–Crippen MR) is 68.4 cm³/mol. The van der Waals surface area contributed by atoms with Crippen molar-refractivity contribution in [2.75, 3.05) is 6.61 Å². The Morgan fingerprint density at radius 3 is 3.00 bits per heavy atom. The number of para-hydroxylation sites is 1. The van der Waals surface area contributed by atoms with Crippen LogP contribution in [0.1, 0.15) is 32.8 Å². The number of hydrogen-bond acceptors (Lipinski definition) is 2. The van der Waals surface area contributed by atoms with Crippen LogP contribution in [-0.2, 0) is 6.42 Å². The van der Waals surface area contributed by atoms with E-state index >= 15 is 0 Å². The van der Waals surface area contributed by atoms with Crippen LogP contribution in [0, 0.1) is 11.8 Å². The highest BCUT2D eigenvalue weighted by atomic mass is 16.5. The van der Waals surface area contributed by atoms with E-state index < -0.39 is 0 Å². The van der Waals surface area contributed by atoms with E-state index in [4.69, 9.17) is 9.47 Å². The van der Waals surface area contributed by atoms with Gasteiger partial charge in [0.2, 0.25) is 0 Å². The van der Waals surface area contributed by atoms with E-state index in [9.17, 15) is 0 Å². The van der Waals surface area contributed by atoms with E-state index in [1.165, 1.54) is 5.56 Å². The highest BCUT2D eigenvalue weighted by molar-refractivity contribution is 5.50. The van der Waals surface area contributed by atoms with Gasteiger partial charge in [0.05, 0.1) is 6.61 Å². The summed E-state index contributed by atoms with van der Waals surface area (Å²) in [6.07, 6.45) is 1.69. The van der Waals surface area contributed by atoms with Crippen molar-refractivity contribution >= 4 is 0 Å². The third-order valence-electron chi connectivity index (χ3n) is 2.72. The van der Waals surface area contributed by atoms with Gasteiger partial charge in [-0.25, -0.2) is 0 Å². The van der Waals surface area contributed by atoms with E-state index in [0.29, 0.717) is 6.61 Å². The van der Waals surface area contributed by atoms with Gasteiger partial charge in [0.15, 0.2) is 11.5 Å². The minimum Gasteiger partial charge on any atom is -0.489 e. The molecular formula is C15H18O2. The average molecular weight is 230 g/mol. The molecule has 0 spiro atoms. The van der Waals surface area contributed by atoms with E-state index in [1.807, 2.05) is 19.1 Å². The number of fused-ring (bicyclic) bond motifs is 1. The van der Waals surface area contributed by atoms with Crippen LogP contribution < -0.4 is 9.47 Å². The fourth-order valence-electron chi connectivity index (χ4n) is 2.04. The molecule has 0 N–H and O–H groups in total. The second-order valence-electron chi connectivity index (χ2n) is 4.81. The molecule has 0 atom stereocenters. The highest BCUT2D eigenvalue weighted by Crippen LogP contribution is 2.41. The molecule has 1 aromatic rings. The molecule has 1 aromatic carbocycles. The Hall–Kier alpha value is -1.62. The highest BCUT2D eigenvalue weighted by Gasteiger charge is 2.32. The zero-order valence-electron chi connectivity index (χ0n) is 10.7. The lowest BCUT2D eigenvalue weighted by molar-refractivity contribution is 0.132. The molecule has 0 fully saturated rings. The van der Waals surface area contributed by atoms with Gasteiger partial charge in [-0.2, -0.15) is 0 Å². The van der Waals surface area contributed by atoms with Crippen LogP contribution in [0.3, 0.4) is 0 Å². The largest absolute Gasteiger partial charge is 0.489 e. The zero-order valence-corrected chi connectivity index (χ0v) is 10.7. The van der Waals surface area contributed by atoms with E-state index in [2.05, 4.69) is 31.8 Å². The van der Waals surface area contributed by atoms with Gasteiger partial charge in [0.1, 0.15) is 5.60 Å². The van der Waals surface area contributed by atoms with E-state index in [0.717, 1.165) is 24.3 Å². The summed E-state index contributed by atoms with van der Waals surface area (Å²) < 4.78 is 11.6. The Morgan fingerprint density at radius 2 is 2.24 bits per heavy atom. The van der Waals surface area contributed by atoms with Crippen molar-refractivity contribution in [2.24, 2.45) is 0 Å². The third kappa shape index (κ3) is 2.74. The second kappa shape index (κ2) is 4.71. The first-order valence-electron chi connectivity index (χ1n) is 5.96. The van der Waals surface area contributed by atoms with E-state index in [1.54, 1.807) is 0 Å². The van der Waals surface area contributed by atoms with Crippen LogP contribution >= 0.6 is 0 Å². The molecule has 0 aliphatic carbocycles. The van der Waals surface area contributed by atoms with Gasteiger partial charge < -0.3 is 9.47 Å². The lowest BCUT2D eigenvalue weighted by atomic mass is 10.0. The third-order valence-corrected chi connectivity index (χ3v) is 2.72. The smallest absolute Gasteiger partial charge is 0.165 e. The van der Waals surface area contributed by atoms with Gasteiger partial charge >= 0.3 is 0 Å². The molecular weight excluding hydrogens is 212 g/mol. The zero-order chi connectivity index (χ0) is 12.3. The molecule has 1 aliphatic rings. The SMILES string of the molecule is CC#CCCOc1cccc2c1OC(C)(C)C2. The van der Waals surface area contributed by atoms with Gasteiger partial charge in [0, 0.05) is 18.4 Å². The summed E-state index contributed by atoms with van der Waals surface area (Å²) in [5.74, 6) is 7.59. The van der Waals surface area contributed by atoms with Crippen LogP contribution in [-0.4, -0.2) is 12.2 Å². The lowest BCUT2D eigenvalue weighted by Crippen LogP contribution is -2.24. The van der Waals surface area contributed by atoms with Crippen LogP contribution in [0.25, 0.3) is 0 Å². The minimum absolute atomic E-state index is 0.120. The van der Waals surface area contributed by atoms with Crippen LogP contribution in [0.15, 0.2) is 18.2 Å². The van der Waals surface area contributed by atoms with Crippen molar-refractivity contribution in [3.63, 3.8) is 0 Å². The maximum absolute atomic E-state index is 5.92. The Morgan fingerprint density at radius 1 is 1.41 bits per heavy atom. The quantitative estimate of drug-likeness (QED) is 0.586.